The van der Waals surface area contributed by atoms with E-state index >= 15 is 0 Å². The summed E-state index contributed by atoms with van der Waals surface area (Å²) in [5, 5.41) is 15.4. The van der Waals surface area contributed by atoms with Gasteiger partial charge in [-0.25, -0.2) is 0 Å². The van der Waals surface area contributed by atoms with Crippen molar-refractivity contribution in [2.75, 3.05) is 26.2 Å². The molecule has 1 fully saturated rings. The van der Waals surface area contributed by atoms with Crippen LogP contribution < -0.4 is 5.32 Å². The van der Waals surface area contributed by atoms with E-state index in [0.717, 1.165) is 38.2 Å². The van der Waals surface area contributed by atoms with Crippen LogP contribution in [0.15, 0.2) is 42.5 Å². The van der Waals surface area contributed by atoms with Crippen LogP contribution in [-0.4, -0.2) is 31.1 Å². The van der Waals surface area contributed by atoms with Crippen LogP contribution >= 0.6 is 0 Å². The van der Waals surface area contributed by atoms with Crippen LogP contribution in [0.3, 0.4) is 0 Å². The number of hydrogen-bond donors (Lipinski definition) is 1. The van der Waals surface area contributed by atoms with Gasteiger partial charge in [0.05, 0.1) is 6.07 Å². The quantitative estimate of drug-likeness (QED) is 0.907. The fraction of sp³-hybridized carbons (Fsp3) is 0.353. The number of nitrogens with one attached hydrogen (secondary N) is 1. The van der Waals surface area contributed by atoms with Gasteiger partial charge in [-0.3, -0.25) is 4.90 Å². The van der Waals surface area contributed by atoms with Gasteiger partial charge >= 0.3 is 0 Å². The van der Waals surface area contributed by atoms with Crippen molar-refractivity contribution in [3.05, 3.63) is 48.0 Å². The Hall–Kier alpha value is -1.89. The summed E-state index contributed by atoms with van der Waals surface area (Å²) in [5.74, 6) is 0. The fourth-order valence-electron chi connectivity index (χ4n) is 2.87. The molecule has 3 heteroatoms. The lowest BCUT2D eigenvalue weighted by Crippen LogP contribution is -2.31. The highest BCUT2D eigenvalue weighted by Crippen LogP contribution is 2.24. The van der Waals surface area contributed by atoms with Crippen molar-refractivity contribution in [1.29, 1.82) is 5.26 Å². The van der Waals surface area contributed by atoms with Crippen LogP contribution in [0.25, 0.3) is 10.8 Å². The van der Waals surface area contributed by atoms with Gasteiger partial charge in [0.25, 0.3) is 0 Å². The van der Waals surface area contributed by atoms with E-state index in [-0.39, 0.29) is 6.04 Å². The molecule has 102 valence electrons. The normalized spacial score (nSPS) is 18.4. The summed E-state index contributed by atoms with van der Waals surface area (Å²) in [4.78, 5) is 2.28. The number of fused-ring (bicyclic) bond motifs is 1. The van der Waals surface area contributed by atoms with E-state index in [9.17, 15) is 5.26 Å². The monoisotopic (exact) mass is 265 g/mol. The molecular weight excluding hydrogens is 246 g/mol. The van der Waals surface area contributed by atoms with Crippen molar-refractivity contribution in [2.24, 2.45) is 0 Å². The number of nitrogens with zero attached hydrogens (tertiary/aromatic N) is 2. The molecule has 0 spiro atoms. The molecule has 2 aromatic rings. The number of rotatable bonds is 2. The third kappa shape index (κ3) is 2.67. The first kappa shape index (κ1) is 13.1. The van der Waals surface area contributed by atoms with Crippen LogP contribution in [0, 0.1) is 11.3 Å². The summed E-state index contributed by atoms with van der Waals surface area (Å²) in [5.41, 5.74) is 1.10. The van der Waals surface area contributed by atoms with Gasteiger partial charge in [-0.1, -0.05) is 36.4 Å². The summed E-state index contributed by atoms with van der Waals surface area (Å²) in [6, 6.07) is 17.0. The first-order chi connectivity index (χ1) is 9.88. The van der Waals surface area contributed by atoms with Gasteiger partial charge in [0.2, 0.25) is 0 Å². The van der Waals surface area contributed by atoms with E-state index in [2.05, 4.69) is 46.6 Å². The predicted octanol–water partition coefficient (Wildman–Crippen LogP) is 2.70. The molecular formula is C17H19N3. The minimum atomic E-state index is -0.139. The summed E-state index contributed by atoms with van der Waals surface area (Å²) in [6.07, 6.45) is 1.10. The minimum absolute atomic E-state index is 0.139. The molecule has 0 amide bonds. The fourth-order valence-corrected chi connectivity index (χ4v) is 2.87. The SMILES string of the molecule is N#CC(c1ccc2ccccc2c1)N1CCCNCC1. The van der Waals surface area contributed by atoms with Gasteiger partial charge in [-0.05, 0) is 35.4 Å². The molecule has 1 heterocycles. The van der Waals surface area contributed by atoms with Crippen molar-refractivity contribution in [2.45, 2.75) is 12.5 Å². The highest BCUT2D eigenvalue weighted by atomic mass is 15.2. The minimum Gasteiger partial charge on any atom is -0.315 e. The van der Waals surface area contributed by atoms with Gasteiger partial charge in [0.15, 0.2) is 0 Å². The maximum atomic E-state index is 9.58. The molecule has 0 aliphatic carbocycles. The third-order valence-electron chi connectivity index (χ3n) is 3.95. The predicted molar refractivity (Wildman–Crippen MR) is 81.4 cm³/mol. The average Bonchev–Trinajstić information content (AvgIpc) is 2.77. The Morgan fingerprint density at radius 1 is 1.05 bits per heavy atom. The van der Waals surface area contributed by atoms with Crippen LogP contribution in [0.4, 0.5) is 0 Å². The molecule has 3 nitrogen and oxygen atoms in total. The van der Waals surface area contributed by atoms with Crippen molar-refractivity contribution in [1.82, 2.24) is 10.2 Å². The third-order valence-corrected chi connectivity index (χ3v) is 3.95. The highest BCUT2D eigenvalue weighted by Gasteiger charge is 2.21. The van der Waals surface area contributed by atoms with Gasteiger partial charge in [0.1, 0.15) is 6.04 Å². The van der Waals surface area contributed by atoms with E-state index in [0.29, 0.717) is 0 Å². The van der Waals surface area contributed by atoms with Crippen molar-refractivity contribution >= 4 is 10.8 Å². The van der Waals surface area contributed by atoms with E-state index in [4.69, 9.17) is 0 Å². The Kier molecular flexibility index (Phi) is 3.96. The zero-order valence-corrected chi connectivity index (χ0v) is 11.5. The van der Waals surface area contributed by atoms with Crippen LogP contribution in [-0.2, 0) is 0 Å². The van der Waals surface area contributed by atoms with Gasteiger partial charge < -0.3 is 5.32 Å². The Bertz CT molecular complexity index is 621. The van der Waals surface area contributed by atoms with Gasteiger partial charge in [-0.15, -0.1) is 0 Å². The van der Waals surface area contributed by atoms with Crippen molar-refractivity contribution < 1.29 is 0 Å². The molecule has 0 saturated carbocycles. The average molecular weight is 265 g/mol. The topological polar surface area (TPSA) is 39.1 Å². The van der Waals surface area contributed by atoms with E-state index < -0.39 is 0 Å². The van der Waals surface area contributed by atoms with Crippen molar-refractivity contribution in [3.8, 4) is 6.07 Å². The van der Waals surface area contributed by atoms with Gasteiger partial charge in [-0.2, -0.15) is 5.26 Å². The zero-order chi connectivity index (χ0) is 13.8. The molecule has 0 bridgehead atoms. The Morgan fingerprint density at radius 2 is 1.90 bits per heavy atom. The molecule has 0 aromatic heterocycles. The van der Waals surface area contributed by atoms with E-state index in [1.54, 1.807) is 0 Å². The lowest BCUT2D eigenvalue weighted by atomic mass is 10.0. The molecule has 0 radical (unpaired) electrons. The lowest BCUT2D eigenvalue weighted by molar-refractivity contribution is 0.252. The molecule has 1 aliphatic heterocycles. The van der Waals surface area contributed by atoms with Crippen LogP contribution in [0.1, 0.15) is 18.0 Å². The molecule has 3 rings (SSSR count). The molecule has 1 saturated heterocycles. The Balaban J connectivity index is 1.92. The number of nitriles is 1. The second kappa shape index (κ2) is 6.04. The second-order valence-corrected chi connectivity index (χ2v) is 5.28. The Labute approximate surface area is 119 Å². The smallest absolute Gasteiger partial charge is 0.123 e. The Morgan fingerprint density at radius 3 is 2.75 bits per heavy atom. The summed E-state index contributed by atoms with van der Waals surface area (Å²) in [6.45, 7) is 3.93. The summed E-state index contributed by atoms with van der Waals surface area (Å²) in [7, 11) is 0. The lowest BCUT2D eigenvalue weighted by Gasteiger charge is -2.25. The summed E-state index contributed by atoms with van der Waals surface area (Å²) < 4.78 is 0. The number of hydrogen-bond acceptors (Lipinski definition) is 3. The molecule has 1 atom stereocenters. The zero-order valence-electron chi connectivity index (χ0n) is 11.5. The van der Waals surface area contributed by atoms with Crippen LogP contribution in [0.5, 0.6) is 0 Å². The van der Waals surface area contributed by atoms with E-state index in [1.165, 1.54) is 10.8 Å². The first-order valence-electron chi connectivity index (χ1n) is 7.21. The standard InChI is InChI=1S/C17H19N3/c18-13-17(20-10-3-8-19-9-11-20)16-7-6-14-4-1-2-5-15(14)12-16/h1-2,4-7,12,17,19H,3,8-11H2. The molecule has 1 N–H and O–H groups in total. The van der Waals surface area contributed by atoms with Crippen LogP contribution in [0.2, 0.25) is 0 Å². The summed E-state index contributed by atoms with van der Waals surface area (Å²) >= 11 is 0. The molecule has 1 unspecified atom stereocenters. The van der Waals surface area contributed by atoms with Gasteiger partial charge in [0, 0.05) is 19.6 Å². The maximum absolute atomic E-state index is 9.58. The maximum Gasteiger partial charge on any atom is 0.123 e. The largest absolute Gasteiger partial charge is 0.315 e. The first-order valence-corrected chi connectivity index (χ1v) is 7.21. The van der Waals surface area contributed by atoms with Crippen molar-refractivity contribution in [3.63, 3.8) is 0 Å². The molecule has 2 aromatic carbocycles. The molecule has 1 aliphatic rings. The molecule has 20 heavy (non-hydrogen) atoms. The van der Waals surface area contributed by atoms with E-state index in [1.807, 2.05) is 12.1 Å². The second-order valence-electron chi connectivity index (χ2n) is 5.28. The highest BCUT2D eigenvalue weighted by molar-refractivity contribution is 5.83. The number of benzene rings is 2.